The molecule has 0 aromatic rings. The van der Waals surface area contributed by atoms with Gasteiger partial charge in [0.1, 0.15) is 0 Å². The van der Waals surface area contributed by atoms with Gasteiger partial charge in [-0.3, -0.25) is 4.79 Å². The van der Waals surface area contributed by atoms with E-state index in [4.69, 9.17) is 9.79 Å². The lowest BCUT2D eigenvalue weighted by Crippen LogP contribution is -2.25. The largest absolute Gasteiger partial charge is 0.384 e. The molecule has 1 amide bonds. The Balaban J connectivity index is 3.59. The third-order valence-corrected chi connectivity index (χ3v) is 6.10. The zero-order chi connectivity index (χ0) is 23.0. The van der Waals surface area contributed by atoms with Crippen molar-refractivity contribution in [2.75, 3.05) is 12.3 Å². The molecule has 0 unspecified atom stereocenters. The highest BCUT2D eigenvalue weighted by molar-refractivity contribution is 8.54. The SMILES string of the molecule is CCC=CCC=CCC=CCC=CCC=CCC=CCCC(=O)NCCSP(=O)(O)O. The predicted octanol–water partition coefficient (Wildman–Crippen LogP) is 6.41. The topological polar surface area (TPSA) is 86.6 Å². The van der Waals surface area contributed by atoms with Gasteiger partial charge >= 0.3 is 6.80 Å². The van der Waals surface area contributed by atoms with Crippen LogP contribution in [0.1, 0.15) is 58.3 Å². The van der Waals surface area contributed by atoms with Gasteiger partial charge in [0.2, 0.25) is 5.91 Å². The minimum Gasteiger partial charge on any atom is -0.355 e. The fourth-order valence-electron chi connectivity index (χ4n) is 2.30. The van der Waals surface area contributed by atoms with Crippen molar-refractivity contribution in [3.05, 3.63) is 72.9 Å². The zero-order valence-corrected chi connectivity index (χ0v) is 20.3. The van der Waals surface area contributed by atoms with Crippen LogP contribution in [0.2, 0.25) is 0 Å². The van der Waals surface area contributed by atoms with Crippen molar-refractivity contribution in [2.45, 2.75) is 58.3 Å². The van der Waals surface area contributed by atoms with Crippen LogP contribution in [-0.4, -0.2) is 28.0 Å². The molecule has 0 aliphatic carbocycles. The van der Waals surface area contributed by atoms with Gasteiger partial charge in [-0.05, 0) is 56.3 Å². The second-order valence-corrected chi connectivity index (χ2v) is 10.5. The van der Waals surface area contributed by atoms with Crippen LogP contribution in [0.25, 0.3) is 0 Å². The number of hydrogen-bond donors (Lipinski definition) is 3. The molecule has 0 saturated carbocycles. The van der Waals surface area contributed by atoms with Crippen LogP contribution in [0, 0.1) is 0 Å². The summed E-state index contributed by atoms with van der Waals surface area (Å²) in [4.78, 5) is 29.0. The lowest BCUT2D eigenvalue weighted by molar-refractivity contribution is -0.120. The van der Waals surface area contributed by atoms with Crippen molar-refractivity contribution in [1.29, 1.82) is 0 Å². The first-order valence-corrected chi connectivity index (χ1v) is 14.0. The summed E-state index contributed by atoms with van der Waals surface area (Å²) in [6.45, 7) is -1.64. The van der Waals surface area contributed by atoms with E-state index in [1.54, 1.807) is 0 Å². The monoisotopic (exact) mass is 467 g/mol. The Kier molecular flexibility index (Phi) is 20.5. The molecule has 174 valence electrons. The molecule has 0 saturated heterocycles. The van der Waals surface area contributed by atoms with Gasteiger partial charge in [-0.1, -0.05) is 79.8 Å². The van der Waals surface area contributed by atoms with Gasteiger partial charge in [0, 0.05) is 18.7 Å². The summed E-state index contributed by atoms with van der Waals surface area (Å²) in [5.74, 6) is 0.0986. The summed E-state index contributed by atoms with van der Waals surface area (Å²) >= 11 is 0.545. The zero-order valence-electron chi connectivity index (χ0n) is 18.6. The highest BCUT2D eigenvalue weighted by Gasteiger charge is 2.12. The highest BCUT2D eigenvalue weighted by atomic mass is 32.7. The van der Waals surface area contributed by atoms with E-state index in [9.17, 15) is 9.36 Å². The smallest absolute Gasteiger partial charge is 0.355 e. The second-order valence-electron chi connectivity index (χ2n) is 6.63. The molecule has 0 spiro atoms. The number of hydrogen-bond acceptors (Lipinski definition) is 3. The van der Waals surface area contributed by atoms with Crippen LogP contribution in [0.3, 0.4) is 0 Å². The van der Waals surface area contributed by atoms with E-state index < -0.39 is 6.80 Å². The van der Waals surface area contributed by atoms with Crippen molar-refractivity contribution >= 4 is 24.1 Å². The van der Waals surface area contributed by atoms with Crippen LogP contribution in [0.5, 0.6) is 0 Å². The highest BCUT2D eigenvalue weighted by Crippen LogP contribution is 2.49. The minimum atomic E-state index is -4.05. The lowest BCUT2D eigenvalue weighted by atomic mass is 10.2. The summed E-state index contributed by atoms with van der Waals surface area (Å²) < 4.78 is 10.7. The summed E-state index contributed by atoms with van der Waals surface area (Å²) in [7, 11) is 0. The fraction of sp³-hybridized carbons (Fsp3) is 0.458. The normalized spacial score (nSPS) is 13.3. The second kappa shape index (κ2) is 21.6. The first-order chi connectivity index (χ1) is 15.0. The molecule has 0 heterocycles. The van der Waals surface area contributed by atoms with Crippen LogP contribution in [0.4, 0.5) is 0 Å². The molecule has 5 nitrogen and oxygen atoms in total. The number of amides is 1. The molecular formula is C24H38NO4PS. The van der Waals surface area contributed by atoms with E-state index in [-0.39, 0.29) is 18.2 Å². The molecule has 0 aliphatic heterocycles. The van der Waals surface area contributed by atoms with E-state index in [2.05, 4.69) is 73.0 Å². The Hall–Kier alpha value is -1.59. The molecule has 0 bridgehead atoms. The first-order valence-electron chi connectivity index (χ1n) is 10.8. The molecule has 0 aromatic heterocycles. The Morgan fingerprint density at radius 1 is 0.774 bits per heavy atom. The number of carbonyl (C=O) groups is 1. The number of rotatable bonds is 18. The Labute approximate surface area is 192 Å². The summed E-state index contributed by atoms with van der Waals surface area (Å²) in [6, 6.07) is 0. The summed E-state index contributed by atoms with van der Waals surface area (Å²) in [5.41, 5.74) is 0. The van der Waals surface area contributed by atoms with Crippen LogP contribution < -0.4 is 5.32 Å². The first kappa shape index (κ1) is 29.4. The van der Waals surface area contributed by atoms with Gasteiger partial charge in [-0.2, -0.15) is 0 Å². The maximum absolute atomic E-state index is 11.6. The Morgan fingerprint density at radius 2 is 1.19 bits per heavy atom. The Bertz CT molecular complexity index is 675. The molecule has 0 rings (SSSR count). The quantitative estimate of drug-likeness (QED) is 0.123. The van der Waals surface area contributed by atoms with Crippen LogP contribution in [-0.2, 0) is 9.36 Å². The Morgan fingerprint density at radius 3 is 1.61 bits per heavy atom. The van der Waals surface area contributed by atoms with E-state index in [0.717, 1.165) is 38.5 Å². The maximum atomic E-state index is 11.6. The van der Waals surface area contributed by atoms with Gasteiger partial charge in [-0.25, -0.2) is 4.57 Å². The third-order valence-electron chi connectivity index (χ3n) is 3.82. The fourth-order valence-corrected chi connectivity index (χ4v) is 3.72. The molecular weight excluding hydrogens is 429 g/mol. The van der Waals surface area contributed by atoms with Gasteiger partial charge in [0.25, 0.3) is 0 Å². The van der Waals surface area contributed by atoms with Crippen LogP contribution in [0.15, 0.2) is 72.9 Å². The van der Waals surface area contributed by atoms with E-state index in [1.165, 1.54) is 0 Å². The van der Waals surface area contributed by atoms with E-state index in [0.29, 0.717) is 24.2 Å². The molecule has 0 aliphatic rings. The molecule has 0 fully saturated rings. The molecule has 0 aromatic carbocycles. The molecule has 31 heavy (non-hydrogen) atoms. The van der Waals surface area contributed by atoms with Gasteiger partial charge < -0.3 is 15.1 Å². The summed E-state index contributed by atoms with van der Waals surface area (Å²) in [5, 5.41) is 2.64. The van der Waals surface area contributed by atoms with Gasteiger partial charge in [-0.15, -0.1) is 0 Å². The van der Waals surface area contributed by atoms with Crippen molar-refractivity contribution in [2.24, 2.45) is 0 Å². The van der Waals surface area contributed by atoms with Crippen molar-refractivity contribution in [3.8, 4) is 0 Å². The van der Waals surface area contributed by atoms with Gasteiger partial charge in [0.15, 0.2) is 0 Å². The van der Waals surface area contributed by atoms with Crippen molar-refractivity contribution < 1.29 is 19.1 Å². The average molecular weight is 468 g/mol. The lowest BCUT2D eigenvalue weighted by Gasteiger charge is -2.04. The summed E-state index contributed by atoms with van der Waals surface area (Å²) in [6.07, 6.45) is 32.5. The average Bonchev–Trinajstić information content (AvgIpc) is 2.72. The van der Waals surface area contributed by atoms with Crippen LogP contribution >= 0.6 is 18.2 Å². The van der Waals surface area contributed by atoms with E-state index in [1.807, 2.05) is 12.2 Å². The molecule has 3 N–H and O–H groups in total. The standard InChI is InChI=1S/C24H38NO4PS/c1-2-3-4-5-6-7-8-9-10-11-12-13-14-15-16-17-18-19-20-21-24(26)25-22-23-31-30(27,28)29/h3-4,6-7,9-10,12-13,15-16,18-19H,2,5,8,11,14,17,20-23H2,1H3,(H,25,26)(H2,27,28,29). The van der Waals surface area contributed by atoms with Crippen molar-refractivity contribution in [1.82, 2.24) is 5.32 Å². The predicted molar refractivity (Wildman–Crippen MR) is 135 cm³/mol. The maximum Gasteiger partial charge on any atom is 0.384 e. The number of carbonyl (C=O) groups excluding carboxylic acids is 1. The van der Waals surface area contributed by atoms with E-state index >= 15 is 0 Å². The number of allylic oxidation sites excluding steroid dienone is 12. The third kappa shape index (κ3) is 26.4. The van der Waals surface area contributed by atoms with Gasteiger partial charge in [0.05, 0.1) is 0 Å². The molecule has 7 heteroatoms. The number of nitrogens with one attached hydrogen (secondary N) is 1. The van der Waals surface area contributed by atoms with Crippen molar-refractivity contribution in [3.63, 3.8) is 0 Å². The molecule has 0 atom stereocenters. The molecule has 0 radical (unpaired) electrons. The minimum absolute atomic E-state index is 0.106.